The number of pyridine rings is 1. The smallest absolute Gasteiger partial charge is 0.344 e. The molecule has 5 nitrogen and oxygen atoms in total. The van der Waals surface area contributed by atoms with Crippen molar-refractivity contribution in [1.82, 2.24) is 4.98 Å². The van der Waals surface area contributed by atoms with E-state index in [0.29, 0.717) is 10.6 Å². The normalized spacial score (nSPS) is 17.2. The lowest BCUT2D eigenvalue weighted by molar-refractivity contribution is -0.138. The van der Waals surface area contributed by atoms with E-state index in [-0.39, 0.29) is 28.7 Å². The monoisotopic (exact) mass is 370 g/mol. The van der Waals surface area contributed by atoms with Crippen LogP contribution in [0.25, 0.3) is 6.08 Å². The van der Waals surface area contributed by atoms with Crippen molar-refractivity contribution in [3.63, 3.8) is 0 Å². The van der Waals surface area contributed by atoms with E-state index in [4.69, 9.17) is 4.74 Å². The summed E-state index contributed by atoms with van der Waals surface area (Å²) in [5.74, 6) is -1.49. The molecule has 0 bridgehead atoms. The predicted molar refractivity (Wildman–Crippen MR) is 99.6 cm³/mol. The molecule has 0 saturated heterocycles. The Bertz CT molecular complexity index is 923. The largest absolute Gasteiger partial charge is 0.506 e. The van der Waals surface area contributed by atoms with Crippen LogP contribution in [0.2, 0.25) is 0 Å². The van der Waals surface area contributed by atoms with Crippen molar-refractivity contribution in [3.8, 4) is 0 Å². The number of halogens is 1. The van der Waals surface area contributed by atoms with Gasteiger partial charge in [-0.05, 0) is 37.3 Å². The lowest BCUT2D eigenvalue weighted by Crippen LogP contribution is -2.12. The summed E-state index contributed by atoms with van der Waals surface area (Å²) < 4.78 is 18.9. The first-order valence-electron chi connectivity index (χ1n) is 7.85. The summed E-state index contributed by atoms with van der Waals surface area (Å²) in [5, 5.41) is 10.7. The average Bonchev–Trinajstić information content (AvgIpc) is 2.93. The van der Waals surface area contributed by atoms with E-state index in [1.54, 1.807) is 49.5 Å². The Balaban J connectivity index is 2.06. The molecule has 26 heavy (non-hydrogen) atoms. The number of hydrogen-bond donors (Lipinski definition) is 1. The van der Waals surface area contributed by atoms with E-state index in [0.717, 1.165) is 11.8 Å². The van der Waals surface area contributed by atoms with Crippen LogP contribution in [0, 0.1) is 5.82 Å². The van der Waals surface area contributed by atoms with Crippen molar-refractivity contribution in [2.24, 2.45) is 4.99 Å². The van der Waals surface area contributed by atoms with Crippen LogP contribution < -0.4 is 0 Å². The van der Waals surface area contributed by atoms with Gasteiger partial charge in [-0.3, -0.25) is 4.98 Å². The standard InChI is InChI=1S/C19H15FN2O3S/c1-2-25-19(24)16-17(23)15(11-12-7-5-6-10-21-12)26-18(16)22-14-9-4-3-8-13(14)20/h3-11,23H,2H2,1H3. The molecule has 0 aliphatic carbocycles. The zero-order valence-electron chi connectivity index (χ0n) is 13.8. The Kier molecular flexibility index (Phi) is 5.48. The van der Waals surface area contributed by atoms with Crippen molar-refractivity contribution in [1.29, 1.82) is 0 Å². The molecule has 0 atom stereocenters. The van der Waals surface area contributed by atoms with Gasteiger partial charge in [-0.2, -0.15) is 0 Å². The van der Waals surface area contributed by atoms with E-state index < -0.39 is 11.8 Å². The van der Waals surface area contributed by atoms with Crippen LogP contribution >= 0.6 is 11.8 Å². The van der Waals surface area contributed by atoms with Crippen molar-refractivity contribution in [2.75, 3.05) is 6.61 Å². The van der Waals surface area contributed by atoms with Gasteiger partial charge in [-0.25, -0.2) is 14.2 Å². The molecule has 132 valence electrons. The van der Waals surface area contributed by atoms with Gasteiger partial charge in [0.1, 0.15) is 27.9 Å². The molecule has 1 aliphatic rings. The number of aromatic nitrogens is 1. The maximum absolute atomic E-state index is 13.9. The Morgan fingerprint density at radius 1 is 1.31 bits per heavy atom. The van der Waals surface area contributed by atoms with E-state index in [1.165, 1.54) is 12.1 Å². The number of benzene rings is 1. The third-order valence-corrected chi connectivity index (χ3v) is 4.43. The highest BCUT2D eigenvalue weighted by molar-refractivity contribution is 8.18. The number of nitrogens with zero attached hydrogens (tertiary/aromatic N) is 2. The van der Waals surface area contributed by atoms with Crippen molar-refractivity contribution in [3.05, 3.63) is 76.4 Å². The molecule has 1 aliphatic heterocycles. The highest BCUT2D eigenvalue weighted by Gasteiger charge is 2.33. The zero-order chi connectivity index (χ0) is 18.5. The second kappa shape index (κ2) is 7.97. The molecular weight excluding hydrogens is 355 g/mol. The van der Waals surface area contributed by atoms with Gasteiger partial charge in [0.15, 0.2) is 0 Å². The van der Waals surface area contributed by atoms with Gasteiger partial charge in [0, 0.05) is 6.20 Å². The lowest BCUT2D eigenvalue weighted by Gasteiger charge is -2.04. The fourth-order valence-corrected chi connectivity index (χ4v) is 3.25. The fraction of sp³-hybridized carbons (Fsp3) is 0.105. The van der Waals surface area contributed by atoms with Crippen LogP contribution in [0.3, 0.4) is 0 Å². The molecule has 0 fully saturated rings. The number of aliphatic hydroxyl groups is 1. The van der Waals surface area contributed by atoms with Crippen LogP contribution in [-0.4, -0.2) is 27.7 Å². The minimum atomic E-state index is -0.711. The molecule has 3 rings (SSSR count). The van der Waals surface area contributed by atoms with Gasteiger partial charge in [0.25, 0.3) is 0 Å². The third-order valence-electron chi connectivity index (χ3n) is 3.41. The summed E-state index contributed by atoms with van der Waals surface area (Å²) in [6, 6.07) is 11.3. The molecule has 2 heterocycles. The minimum absolute atomic E-state index is 0.0729. The summed E-state index contributed by atoms with van der Waals surface area (Å²) in [6.45, 7) is 1.81. The number of para-hydroxylation sites is 1. The molecule has 1 aromatic carbocycles. The van der Waals surface area contributed by atoms with E-state index in [9.17, 15) is 14.3 Å². The molecule has 7 heteroatoms. The second-order valence-corrected chi connectivity index (χ2v) is 6.21. The van der Waals surface area contributed by atoms with E-state index >= 15 is 0 Å². The van der Waals surface area contributed by atoms with Gasteiger partial charge in [0.05, 0.1) is 17.2 Å². The maximum atomic E-state index is 13.9. The molecule has 0 unspecified atom stereocenters. The van der Waals surface area contributed by atoms with Crippen LogP contribution in [0.4, 0.5) is 10.1 Å². The number of aliphatic imine (C=N–C) groups is 1. The number of thioether (sulfide) groups is 1. The number of carbonyl (C=O) groups is 1. The number of ether oxygens (including phenoxy) is 1. The van der Waals surface area contributed by atoms with Gasteiger partial charge in [-0.1, -0.05) is 30.0 Å². The molecule has 1 N–H and O–H groups in total. The Morgan fingerprint density at radius 3 is 2.77 bits per heavy atom. The van der Waals surface area contributed by atoms with E-state index in [1.807, 2.05) is 0 Å². The van der Waals surface area contributed by atoms with Crippen molar-refractivity contribution < 1.29 is 19.0 Å². The van der Waals surface area contributed by atoms with Gasteiger partial charge >= 0.3 is 5.97 Å². The first-order chi connectivity index (χ1) is 12.6. The van der Waals surface area contributed by atoms with Crippen LogP contribution in [0.1, 0.15) is 12.6 Å². The van der Waals surface area contributed by atoms with Crippen molar-refractivity contribution in [2.45, 2.75) is 6.92 Å². The zero-order valence-corrected chi connectivity index (χ0v) is 14.7. The molecule has 0 amide bonds. The quantitative estimate of drug-likeness (QED) is 0.807. The van der Waals surface area contributed by atoms with Crippen LogP contribution in [0.15, 0.2) is 69.9 Å². The molecule has 1 aromatic heterocycles. The molecule has 0 saturated carbocycles. The average molecular weight is 370 g/mol. The first-order valence-corrected chi connectivity index (χ1v) is 8.66. The number of esters is 1. The maximum Gasteiger partial charge on any atom is 0.344 e. The summed E-state index contributed by atoms with van der Waals surface area (Å²) in [4.78, 5) is 21.0. The third kappa shape index (κ3) is 3.83. The molecule has 2 aromatic rings. The summed E-state index contributed by atoms with van der Waals surface area (Å²) in [6.07, 6.45) is 3.25. The Labute approximate surface area is 153 Å². The van der Waals surface area contributed by atoms with Crippen LogP contribution in [-0.2, 0) is 9.53 Å². The lowest BCUT2D eigenvalue weighted by atomic mass is 10.2. The number of carbonyl (C=O) groups excluding carboxylic acids is 1. The Morgan fingerprint density at radius 2 is 2.08 bits per heavy atom. The van der Waals surface area contributed by atoms with Crippen molar-refractivity contribution >= 4 is 34.5 Å². The van der Waals surface area contributed by atoms with Gasteiger partial charge in [-0.15, -0.1) is 0 Å². The molecule has 0 spiro atoms. The van der Waals surface area contributed by atoms with E-state index in [2.05, 4.69) is 9.98 Å². The number of rotatable bonds is 4. The number of hydrogen-bond acceptors (Lipinski definition) is 6. The first kappa shape index (κ1) is 17.9. The SMILES string of the molecule is CCOC(=O)C1=C(O)C(=Cc2ccccn2)SC1=Nc1ccccc1F. The van der Waals surface area contributed by atoms with Gasteiger partial charge < -0.3 is 9.84 Å². The second-order valence-electron chi connectivity index (χ2n) is 5.18. The topological polar surface area (TPSA) is 71.8 Å². The highest BCUT2D eigenvalue weighted by Crippen LogP contribution is 2.40. The van der Waals surface area contributed by atoms with Crippen LogP contribution in [0.5, 0.6) is 0 Å². The molecular formula is C19H15FN2O3S. The number of aliphatic hydroxyl groups excluding tert-OH is 1. The Hall–Kier alpha value is -2.93. The molecule has 0 radical (unpaired) electrons. The summed E-state index contributed by atoms with van der Waals surface area (Å²) in [7, 11) is 0. The summed E-state index contributed by atoms with van der Waals surface area (Å²) in [5.41, 5.74) is 0.600. The minimum Gasteiger partial charge on any atom is -0.506 e. The predicted octanol–water partition coefficient (Wildman–Crippen LogP) is 4.41. The highest BCUT2D eigenvalue weighted by atomic mass is 32.2. The fourth-order valence-electron chi connectivity index (χ4n) is 2.24. The summed E-state index contributed by atoms with van der Waals surface area (Å²) >= 11 is 1.06. The van der Waals surface area contributed by atoms with Gasteiger partial charge in [0.2, 0.25) is 0 Å².